The van der Waals surface area contributed by atoms with Crippen molar-refractivity contribution < 1.29 is 4.74 Å². The number of piperidine rings is 1. The fourth-order valence-electron chi connectivity index (χ4n) is 2.60. The summed E-state index contributed by atoms with van der Waals surface area (Å²) in [5, 5.41) is 3.39. The Balaban J connectivity index is 1.88. The van der Waals surface area contributed by atoms with E-state index < -0.39 is 0 Å². The molecule has 1 unspecified atom stereocenters. The van der Waals surface area contributed by atoms with E-state index >= 15 is 0 Å². The molecular formula is C15H24N2O. The van der Waals surface area contributed by atoms with E-state index in [1.807, 2.05) is 0 Å². The second-order valence-corrected chi connectivity index (χ2v) is 5.11. The van der Waals surface area contributed by atoms with Crippen LogP contribution < -0.4 is 5.32 Å². The lowest BCUT2D eigenvalue weighted by Crippen LogP contribution is -2.43. The average molecular weight is 248 g/mol. The molecule has 3 nitrogen and oxygen atoms in total. The highest BCUT2D eigenvalue weighted by molar-refractivity contribution is 5.22. The molecule has 0 bridgehead atoms. The summed E-state index contributed by atoms with van der Waals surface area (Å²) in [6.07, 6.45) is 2.60. The fraction of sp³-hybridized carbons (Fsp3) is 0.600. The standard InChI is InChI=1S/C15H24N2O/c1-16-15-4-3-9-17(11-15)10-13-5-7-14(8-6-13)12-18-2/h5-8,15-16H,3-4,9-12H2,1-2H3. The molecule has 1 heterocycles. The van der Waals surface area contributed by atoms with Gasteiger partial charge in [-0.1, -0.05) is 24.3 Å². The van der Waals surface area contributed by atoms with Gasteiger partial charge in [0.25, 0.3) is 0 Å². The average Bonchev–Trinajstić information content (AvgIpc) is 2.42. The Labute approximate surface area is 110 Å². The third-order valence-electron chi connectivity index (χ3n) is 3.65. The molecule has 0 amide bonds. The zero-order valence-electron chi connectivity index (χ0n) is 11.5. The number of likely N-dealkylation sites (N-methyl/N-ethyl adjacent to an activating group) is 1. The van der Waals surface area contributed by atoms with Gasteiger partial charge in [0.2, 0.25) is 0 Å². The molecule has 1 aromatic rings. The molecule has 18 heavy (non-hydrogen) atoms. The van der Waals surface area contributed by atoms with Gasteiger partial charge in [-0.3, -0.25) is 4.90 Å². The van der Waals surface area contributed by atoms with Crippen LogP contribution in [-0.2, 0) is 17.9 Å². The molecule has 1 aliphatic rings. The SMILES string of the molecule is CNC1CCCN(Cc2ccc(COC)cc2)C1. The van der Waals surface area contributed by atoms with Crippen LogP contribution in [0.25, 0.3) is 0 Å². The number of nitrogens with zero attached hydrogens (tertiary/aromatic N) is 1. The minimum absolute atomic E-state index is 0.659. The van der Waals surface area contributed by atoms with Crippen molar-refractivity contribution in [2.24, 2.45) is 0 Å². The summed E-state index contributed by atoms with van der Waals surface area (Å²) in [5.74, 6) is 0. The van der Waals surface area contributed by atoms with Gasteiger partial charge < -0.3 is 10.1 Å². The normalized spacial score (nSPS) is 21.1. The molecule has 1 aliphatic heterocycles. The third kappa shape index (κ3) is 3.80. The van der Waals surface area contributed by atoms with Crippen molar-refractivity contribution in [3.05, 3.63) is 35.4 Å². The van der Waals surface area contributed by atoms with Crippen molar-refractivity contribution in [3.63, 3.8) is 0 Å². The van der Waals surface area contributed by atoms with Crippen LogP contribution in [0.4, 0.5) is 0 Å². The molecular weight excluding hydrogens is 224 g/mol. The molecule has 1 saturated heterocycles. The van der Waals surface area contributed by atoms with E-state index in [4.69, 9.17) is 4.74 Å². The second-order valence-electron chi connectivity index (χ2n) is 5.11. The first kappa shape index (κ1) is 13.5. The van der Waals surface area contributed by atoms with Crippen LogP contribution in [0.15, 0.2) is 24.3 Å². The van der Waals surface area contributed by atoms with E-state index in [0.717, 1.165) is 13.1 Å². The summed E-state index contributed by atoms with van der Waals surface area (Å²) in [5.41, 5.74) is 2.64. The van der Waals surface area contributed by atoms with Gasteiger partial charge in [0.05, 0.1) is 6.61 Å². The highest BCUT2D eigenvalue weighted by Crippen LogP contribution is 2.14. The Morgan fingerprint density at radius 2 is 2.00 bits per heavy atom. The molecule has 100 valence electrons. The van der Waals surface area contributed by atoms with Crippen LogP contribution in [-0.4, -0.2) is 38.2 Å². The highest BCUT2D eigenvalue weighted by atomic mass is 16.5. The molecule has 1 N–H and O–H groups in total. The Hall–Kier alpha value is -0.900. The van der Waals surface area contributed by atoms with Gasteiger partial charge in [-0.05, 0) is 37.6 Å². The molecule has 0 saturated carbocycles. The van der Waals surface area contributed by atoms with Crippen molar-refractivity contribution in [2.75, 3.05) is 27.2 Å². The Kier molecular flexibility index (Phi) is 5.17. The van der Waals surface area contributed by atoms with Gasteiger partial charge in [-0.25, -0.2) is 0 Å². The topological polar surface area (TPSA) is 24.5 Å². The summed E-state index contributed by atoms with van der Waals surface area (Å²) >= 11 is 0. The van der Waals surface area contributed by atoms with Crippen LogP contribution in [0, 0.1) is 0 Å². The number of methoxy groups -OCH3 is 1. The predicted octanol–water partition coefficient (Wildman–Crippen LogP) is 2.02. The van der Waals surface area contributed by atoms with Crippen molar-refractivity contribution in [1.29, 1.82) is 0 Å². The van der Waals surface area contributed by atoms with Crippen molar-refractivity contribution >= 4 is 0 Å². The van der Waals surface area contributed by atoms with Crippen LogP contribution in [0.5, 0.6) is 0 Å². The van der Waals surface area contributed by atoms with Crippen LogP contribution in [0.3, 0.4) is 0 Å². The summed E-state index contributed by atoms with van der Waals surface area (Å²) < 4.78 is 5.13. The summed E-state index contributed by atoms with van der Waals surface area (Å²) in [4.78, 5) is 2.54. The second kappa shape index (κ2) is 6.88. The van der Waals surface area contributed by atoms with Crippen molar-refractivity contribution in [2.45, 2.75) is 32.0 Å². The van der Waals surface area contributed by atoms with Gasteiger partial charge in [-0.15, -0.1) is 0 Å². The predicted molar refractivity (Wildman–Crippen MR) is 74.5 cm³/mol. The van der Waals surface area contributed by atoms with Gasteiger partial charge in [0.15, 0.2) is 0 Å². The lowest BCUT2D eigenvalue weighted by molar-refractivity contribution is 0.184. The first-order valence-electron chi connectivity index (χ1n) is 6.78. The molecule has 0 spiro atoms. The van der Waals surface area contributed by atoms with Crippen molar-refractivity contribution in [1.82, 2.24) is 10.2 Å². The minimum atomic E-state index is 0.659. The Morgan fingerprint density at radius 1 is 1.28 bits per heavy atom. The van der Waals surface area contributed by atoms with E-state index in [0.29, 0.717) is 12.6 Å². The largest absolute Gasteiger partial charge is 0.380 e. The van der Waals surface area contributed by atoms with E-state index in [1.54, 1.807) is 7.11 Å². The van der Waals surface area contributed by atoms with E-state index in [2.05, 4.69) is 41.5 Å². The number of hydrogen-bond donors (Lipinski definition) is 1. The molecule has 1 fully saturated rings. The van der Waals surface area contributed by atoms with Crippen molar-refractivity contribution in [3.8, 4) is 0 Å². The monoisotopic (exact) mass is 248 g/mol. The first-order valence-corrected chi connectivity index (χ1v) is 6.78. The quantitative estimate of drug-likeness (QED) is 0.863. The van der Waals surface area contributed by atoms with Crippen LogP contribution >= 0.6 is 0 Å². The molecule has 3 heteroatoms. The number of likely N-dealkylation sites (tertiary alicyclic amines) is 1. The summed E-state index contributed by atoms with van der Waals surface area (Å²) in [6, 6.07) is 9.43. The summed E-state index contributed by atoms with van der Waals surface area (Å²) in [7, 11) is 3.80. The van der Waals surface area contributed by atoms with Gasteiger partial charge >= 0.3 is 0 Å². The van der Waals surface area contributed by atoms with Crippen LogP contribution in [0.1, 0.15) is 24.0 Å². The van der Waals surface area contributed by atoms with E-state index in [-0.39, 0.29) is 0 Å². The smallest absolute Gasteiger partial charge is 0.0713 e. The number of rotatable bonds is 5. The zero-order valence-corrected chi connectivity index (χ0v) is 11.5. The maximum atomic E-state index is 5.13. The first-order chi connectivity index (χ1) is 8.81. The van der Waals surface area contributed by atoms with E-state index in [1.165, 1.54) is 30.5 Å². The molecule has 1 atom stereocenters. The molecule has 0 aliphatic carbocycles. The number of benzene rings is 1. The lowest BCUT2D eigenvalue weighted by Gasteiger charge is -2.32. The number of ether oxygens (including phenoxy) is 1. The fourth-order valence-corrected chi connectivity index (χ4v) is 2.60. The maximum absolute atomic E-state index is 5.13. The van der Waals surface area contributed by atoms with Gasteiger partial charge in [0, 0.05) is 26.2 Å². The summed E-state index contributed by atoms with van der Waals surface area (Å²) in [6.45, 7) is 4.14. The number of nitrogens with one attached hydrogen (secondary N) is 1. The van der Waals surface area contributed by atoms with Crippen LogP contribution in [0.2, 0.25) is 0 Å². The Bertz CT molecular complexity index is 350. The third-order valence-corrected chi connectivity index (χ3v) is 3.65. The minimum Gasteiger partial charge on any atom is -0.380 e. The molecule has 0 aromatic heterocycles. The highest BCUT2D eigenvalue weighted by Gasteiger charge is 2.18. The van der Waals surface area contributed by atoms with Gasteiger partial charge in [-0.2, -0.15) is 0 Å². The van der Waals surface area contributed by atoms with Gasteiger partial charge in [0.1, 0.15) is 0 Å². The molecule has 1 aromatic carbocycles. The zero-order chi connectivity index (χ0) is 12.8. The molecule has 2 rings (SSSR count). The molecule has 0 radical (unpaired) electrons. The lowest BCUT2D eigenvalue weighted by atomic mass is 10.0. The Morgan fingerprint density at radius 3 is 2.67 bits per heavy atom. The number of hydrogen-bond acceptors (Lipinski definition) is 3. The van der Waals surface area contributed by atoms with E-state index in [9.17, 15) is 0 Å². The maximum Gasteiger partial charge on any atom is 0.0713 e.